The molecule has 0 unspecified atom stereocenters. The number of nitrogens with zero attached hydrogens (tertiary/aromatic N) is 3. The fourth-order valence-corrected chi connectivity index (χ4v) is 3.91. The smallest absolute Gasteiger partial charge is 0.306 e. The van der Waals surface area contributed by atoms with Crippen LogP contribution >= 0.6 is 11.6 Å². The first kappa shape index (κ1) is 20.0. The molecule has 2 heterocycles. The zero-order valence-electron chi connectivity index (χ0n) is 15.2. The average molecular weight is 398 g/mol. The van der Waals surface area contributed by atoms with Crippen LogP contribution in [0.2, 0.25) is 5.02 Å². The van der Waals surface area contributed by atoms with E-state index in [-0.39, 0.29) is 17.6 Å². The number of benzene rings is 1. The number of carboxylic acids is 1. The maximum Gasteiger partial charge on any atom is 0.306 e. The molecule has 2 saturated heterocycles. The Morgan fingerprint density at radius 1 is 1.07 bits per heavy atom. The molecule has 0 spiro atoms. The topological polar surface area (TPSA) is 64.1 Å². The van der Waals surface area contributed by atoms with E-state index in [0.717, 1.165) is 0 Å². The van der Waals surface area contributed by atoms with Crippen LogP contribution in [0.3, 0.4) is 0 Å². The lowest BCUT2D eigenvalue weighted by molar-refractivity contribution is -0.143. The molecule has 1 amide bonds. The zero-order chi connectivity index (χ0) is 19.4. The van der Waals surface area contributed by atoms with Gasteiger partial charge in [0.05, 0.1) is 12.5 Å². The van der Waals surface area contributed by atoms with E-state index in [4.69, 9.17) is 16.7 Å². The summed E-state index contributed by atoms with van der Waals surface area (Å²) in [6, 6.07) is 4.69. The Bertz CT molecular complexity index is 667. The SMILES string of the molecule is O=C(O)C1CCN(CC(=O)N2CCN(Cc3c(F)cccc3Cl)CC2)CC1. The summed E-state index contributed by atoms with van der Waals surface area (Å²) in [7, 11) is 0. The van der Waals surface area contributed by atoms with Gasteiger partial charge in [0.2, 0.25) is 5.91 Å². The fraction of sp³-hybridized carbons (Fsp3) is 0.579. The van der Waals surface area contributed by atoms with Crippen molar-refractivity contribution in [1.29, 1.82) is 0 Å². The molecule has 0 aromatic heterocycles. The molecular weight excluding hydrogens is 373 g/mol. The number of carboxylic acid groups (broad SMARTS) is 1. The molecule has 1 aromatic rings. The summed E-state index contributed by atoms with van der Waals surface area (Å²) in [5, 5.41) is 9.47. The van der Waals surface area contributed by atoms with Crippen LogP contribution < -0.4 is 0 Å². The molecule has 0 radical (unpaired) electrons. The molecular formula is C19H25ClFN3O3. The quantitative estimate of drug-likeness (QED) is 0.822. The highest BCUT2D eigenvalue weighted by Crippen LogP contribution is 2.22. The van der Waals surface area contributed by atoms with E-state index >= 15 is 0 Å². The predicted molar refractivity (Wildman–Crippen MR) is 100 cm³/mol. The Morgan fingerprint density at radius 3 is 2.33 bits per heavy atom. The summed E-state index contributed by atoms with van der Waals surface area (Å²) in [6.45, 7) is 4.65. The lowest BCUT2D eigenvalue weighted by atomic mass is 9.97. The summed E-state index contributed by atoms with van der Waals surface area (Å²) in [6.07, 6.45) is 1.19. The number of hydrogen-bond acceptors (Lipinski definition) is 4. The van der Waals surface area contributed by atoms with Crippen molar-refractivity contribution in [2.75, 3.05) is 45.8 Å². The van der Waals surface area contributed by atoms with Gasteiger partial charge < -0.3 is 10.0 Å². The van der Waals surface area contributed by atoms with E-state index in [0.29, 0.717) is 75.8 Å². The summed E-state index contributed by atoms with van der Waals surface area (Å²) in [5.74, 6) is -1.25. The van der Waals surface area contributed by atoms with Gasteiger partial charge in [-0.2, -0.15) is 0 Å². The second kappa shape index (κ2) is 8.99. The van der Waals surface area contributed by atoms with Crippen LogP contribution in [0.4, 0.5) is 4.39 Å². The molecule has 27 heavy (non-hydrogen) atoms. The zero-order valence-corrected chi connectivity index (χ0v) is 16.0. The fourth-order valence-electron chi connectivity index (χ4n) is 3.69. The number of carbonyl (C=O) groups is 2. The minimum atomic E-state index is -0.743. The third-order valence-electron chi connectivity index (χ3n) is 5.46. The summed E-state index contributed by atoms with van der Waals surface area (Å²) < 4.78 is 13.9. The summed E-state index contributed by atoms with van der Waals surface area (Å²) >= 11 is 6.09. The van der Waals surface area contributed by atoms with E-state index < -0.39 is 5.97 Å². The van der Waals surface area contributed by atoms with Gasteiger partial charge in [0, 0.05) is 43.3 Å². The average Bonchev–Trinajstić information content (AvgIpc) is 2.66. The van der Waals surface area contributed by atoms with Gasteiger partial charge in [-0.25, -0.2) is 4.39 Å². The summed E-state index contributed by atoms with van der Waals surface area (Å²) in [4.78, 5) is 29.5. The Hall–Kier alpha value is -1.70. The van der Waals surface area contributed by atoms with Gasteiger partial charge in [0.25, 0.3) is 0 Å². The molecule has 0 atom stereocenters. The first-order valence-electron chi connectivity index (χ1n) is 9.32. The molecule has 1 N–H and O–H groups in total. The van der Waals surface area contributed by atoms with E-state index in [1.54, 1.807) is 12.1 Å². The molecule has 2 aliphatic heterocycles. The first-order valence-corrected chi connectivity index (χ1v) is 9.70. The molecule has 2 fully saturated rings. The van der Waals surface area contributed by atoms with Crippen LogP contribution in [-0.4, -0.2) is 77.5 Å². The second-order valence-electron chi connectivity index (χ2n) is 7.25. The Kier molecular flexibility index (Phi) is 6.68. The summed E-state index contributed by atoms with van der Waals surface area (Å²) in [5.41, 5.74) is 0.500. The highest BCUT2D eigenvalue weighted by atomic mass is 35.5. The van der Waals surface area contributed by atoms with E-state index in [2.05, 4.69) is 4.90 Å². The third-order valence-corrected chi connectivity index (χ3v) is 5.82. The number of halogens is 2. The van der Waals surface area contributed by atoms with Crippen molar-refractivity contribution in [2.24, 2.45) is 5.92 Å². The Morgan fingerprint density at radius 2 is 1.74 bits per heavy atom. The molecule has 0 aliphatic carbocycles. The molecule has 148 valence electrons. The number of amides is 1. The number of carbonyl (C=O) groups excluding carboxylic acids is 1. The number of rotatable bonds is 5. The monoisotopic (exact) mass is 397 g/mol. The van der Waals surface area contributed by atoms with Crippen LogP contribution in [0.5, 0.6) is 0 Å². The maximum atomic E-state index is 13.9. The minimum absolute atomic E-state index is 0.0762. The van der Waals surface area contributed by atoms with Crippen LogP contribution in [0.15, 0.2) is 18.2 Å². The van der Waals surface area contributed by atoms with Gasteiger partial charge in [0.1, 0.15) is 5.82 Å². The van der Waals surface area contributed by atoms with Gasteiger partial charge >= 0.3 is 5.97 Å². The largest absolute Gasteiger partial charge is 0.481 e. The van der Waals surface area contributed by atoms with Crippen molar-refractivity contribution < 1.29 is 19.1 Å². The van der Waals surface area contributed by atoms with E-state index in [9.17, 15) is 14.0 Å². The predicted octanol–water partition coefficient (Wildman–Crippen LogP) is 1.92. The van der Waals surface area contributed by atoms with Crippen molar-refractivity contribution in [3.8, 4) is 0 Å². The third kappa shape index (κ3) is 5.18. The second-order valence-corrected chi connectivity index (χ2v) is 7.65. The van der Waals surface area contributed by atoms with Crippen molar-refractivity contribution in [2.45, 2.75) is 19.4 Å². The van der Waals surface area contributed by atoms with E-state index in [1.807, 2.05) is 9.80 Å². The molecule has 2 aliphatic rings. The van der Waals surface area contributed by atoms with Gasteiger partial charge in [0.15, 0.2) is 0 Å². The van der Waals surface area contributed by atoms with Crippen LogP contribution in [0.25, 0.3) is 0 Å². The number of piperazine rings is 1. The molecule has 0 saturated carbocycles. The van der Waals surface area contributed by atoms with Crippen molar-refractivity contribution in [3.63, 3.8) is 0 Å². The lowest BCUT2D eigenvalue weighted by Gasteiger charge is -2.37. The molecule has 3 rings (SSSR count). The van der Waals surface area contributed by atoms with Gasteiger partial charge in [-0.05, 0) is 38.1 Å². The molecule has 8 heteroatoms. The van der Waals surface area contributed by atoms with Gasteiger partial charge in [-0.15, -0.1) is 0 Å². The molecule has 1 aromatic carbocycles. The molecule has 0 bridgehead atoms. The number of aliphatic carboxylic acids is 1. The maximum absolute atomic E-state index is 13.9. The minimum Gasteiger partial charge on any atom is -0.481 e. The van der Waals surface area contributed by atoms with E-state index in [1.165, 1.54) is 6.07 Å². The number of piperidine rings is 1. The normalized spacial score (nSPS) is 20.0. The van der Waals surface area contributed by atoms with Crippen LogP contribution in [-0.2, 0) is 16.1 Å². The lowest BCUT2D eigenvalue weighted by Crippen LogP contribution is -2.51. The highest BCUT2D eigenvalue weighted by molar-refractivity contribution is 6.31. The van der Waals surface area contributed by atoms with Crippen molar-refractivity contribution in [1.82, 2.24) is 14.7 Å². The Labute approximate surface area is 163 Å². The standard InChI is InChI=1S/C19H25ClFN3O3/c20-16-2-1-3-17(21)15(16)12-23-8-10-24(11-9-23)18(25)13-22-6-4-14(5-7-22)19(26)27/h1-3,14H,4-13H2,(H,26,27). The molecule has 6 nitrogen and oxygen atoms in total. The van der Waals surface area contributed by atoms with Crippen LogP contribution in [0, 0.1) is 11.7 Å². The highest BCUT2D eigenvalue weighted by Gasteiger charge is 2.28. The Balaban J connectivity index is 1.44. The van der Waals surface area contributed by atoms with Gasteiger partial charge in [-0.1, -0.05) is 17.7 Å². The van der Waals surface area contributed by atoms with Crippen molar-refractivity contribution >= 4 is 23.5 Å². The number of hydrogen-bond donors (Lipinski definition) is 1. The first-order chi connectivity index (χ1) is 12.9. The number of likely N-dealkylation sites (tertiary alicyclic amines) is 1. The van der Waals surface area contributed by atoms with Crippen LogP contribution in [0.1, 0.15) is 18.4 Å². The van der Waals surface area contributed by atoms with Gasteiger partial charge in [-0.3, -0.25) is 19.4 Å². The van der Waals surface area contributed by atoms with Crippen molar-refractivity contribution in [3.05, 3.63) is 34.6 Å².